The summed E-state index contributed by atoms with van der Waals surface area (Å²) >= 11 is 7.63. The topological polar surface area (TPSA) is 49.4 Å². The fourth-order valence-electron chi connectivity index (χ4n) is 4.21. The maximum absolute atomic E-state index is 13.3. The molecule has 0 aromatic heterocycles. The third kappa shape index (κ3) is 7.28. The molecule has 1 atom stereocenters. The van der Waals surface area contributed by atoms with E-state index >= 15 is 0 Å². The molecule has 0 unspecified atom stereocenters. The van der Waals surface area contributed by atoms with Crippen molar-refractivity contribution < 1.29 is 9.59 Å². The Balaban J connectivity index is 1.69. The number of carbonyl (C=O) groups is 2. The molecule has 172 valence electrons. The van der Waals surface area contributed by atoms with Crippen molar-refractivity contribution >= 4 is 35.2 Å². The number of amides is 2. The lowest BCUT2D eigenvalue weighted by molar-refractivity contribution is -0.139. The zero-order valence-corrected chi connectivity index (χ0v) is 20.6. The van der Waals surface area contributed by atoms with Crippen LogP contribution in [-0.2, 0) is 21.9 Å². The minimum absolute atomic E-state index is 0.00831. The Morgan fingerprint density at radius 2 is 1.84 bits per heavy atom. The van der Waals surface area contributed by atoms with Crippen molar-refractivity contribution in [1.29, 1.82) is 0 Å². The summed E-state index contributed by atoms with van der Waals surface area (Å²) in [6.45, 7) is 4.44. The Hall–Kier alpha value is -1.98. The van der Waals surface area contributed by atoms with Gasteiger partial charge in [-0.15, -0.1) is 11.8 Å². The third-order valence-electron chi connectivity index (χ3n) is 5.93. The van der Waals surface area contributed by atoms with Gasteiger partial charge in [0.2, 0.25) is 11.8 Å². The van der Waals surface area contributed by atoms with E-state index in [9.17, 15) is 9.59 Å². The van der Waals surface area contributed by atoms with Crippen molar-refractivity contribution in [3.8, 4) is 0 Å². The van der Waals surface area contributed by atoms with Crippen molar-refractivity contribution in [3.05, 3.63) is 70.2 Å². The highest BCUT2D eigenvalue weighted by atomic mass is 35.5. The molecule has 1 saturated carbocycles. The molecule has 0 spiro atoms. The van der Waals surface area contributed by atoms with Gasteiger partial charge in [-0.05, 0) is 49.4 Å². The van der Waals surface area contributed by atoms with Crippen LogP contribution < -0.4 is 5.32 Å². The summed E-state index contributed by atoms with van der Waals surface area (Å²) in [7, 11) is 0. The number of hydrogen-bond acceptors (Lipinski definition) is 3. The molecule has 2 aromatic carbocycles. The average Bonchev–Trinajstić information content (AvgIpc) is 3.28. The van der Waals surface area contributed by atoms with Gasteiger partial charge in [0.1, 0.15) is 6.04 Å². The molecule has 0 aliphatic heterocycles. The summed E-state index contributed by atoms with van der Waals surface area (Å²) in [5, 5.41) is 3.85. The molecule has 0 bridgehead atoms. The van der Waals surface area contributed by atoms with Crippen molar-refractivity contribution in [1.82, 2.24) is 10.2 Å². The Labute approximate surface area is 201 Å². The van der Waals surface area contributed by atoms with Crippen LogP contribution in [-0.4, -0.2) is 34.6 Å². The number of thioether (sulfide) groups is 1. The van der Waals surface area contributed by atoms with Crippen molar-refractivity contribution in [2.75, 3.05) is 5.75 Å². The fourth-order valence-corrected chi connectivity index (χ4v) is 5.20. The van der Waals surface area contributed by atoms with Crippen LogP contribution in [0.1, 0.15) is 55.7 Å². The number of aryl methyl sites for hydroxylation is 1. The lowest BCUT2D eigenvalue weighted by Crippen LogP contribution is -2.51. The van der Waals surface area contributed by atoms with Gasteiger partial charge in [0, 0.05) is 23.4 Å². The molecule has 6 heteroatoms. The molecule has 1 aliphatic carbocycles. The van der Waals surface area contributed by atoms with Gasteiger partial charge < -0.3 is 10.2 Å². The van der Waals surface area contributed by atoms with E-state index in [0.29, 0.717) is 23.7 Å². The Morgan fingerprint density at radius 1 is 1.12 bits per heavy atom. The molecule has 32 heavy (non-hydrogen) atoms. The van der Waals surface area contributed by atoms with Crippen LogP contribution in [0.25, 0.3) is 0 Å². The van der Waals surface area contributed by atoms with Gasteiger partial charge in [0.05, 0.1) is 5.75 Å². The first kappa shape index (κ1) is 24.7. The highest BCUT2D eigenvalue weighted by molar-refractivity contribution is 7.99. The number of benzene rings is 2. The first-order valence-electron chi connectivity index (χ1n) is 11.4. The second kappa shape index (κ2) is 12.3. The van der Waals surface area contributed by atoms with Crippen LogP contribution >= 0.6 is 23.4 Å². The maximum atomic E-state index is 13.3. The van der Waals surface area contributed by atoms with Crippen LogP contribution in [0.5, 0.6) is 0 Å². The van der Waals surface area contributed by atoms with Gasteiger partial charge in [-0.25, -0.2) is 0 Å². The number of hydrogen-bond donors (Lipinski definition) is 1. The monoisotopic (exact) mass is 472 g/mol. The number of carbonyl (C=O) groups excluding carboxylic acids is 2. The largest absolute Gasteiger partial charge is 0.352 e. The Morgan fingerprint density at radius 3 is 2.50 bits per heavy atom. The SMILES string of the molecule is CC[C@@H](C(=O)NC1CCCC1)N(Cc1ccc(Cl)cc1)C(=O)CSCc1cccc(C)c1. The molecular weight excluding hydrogens is 440 g/mol. The predicted octanol–water partition coefficient (Wildman–Crippen LogP) is 5.75. The average molecular weight is 473 g/mol. The number of rotatable bonds is 10. The molecule has 1 N–H and O–H groups in total. The summed E-state index contributed by atoms with van der Waals surface area (Å²) in [4.78, 5) is 28.2. The van der Waals surface area contributed by atoms with Gasteiger partial charge in [-0.2, -0.15) is 0 Å². The van der Waals surface area contributed by atoms with E-state index in [4.69, 9.17) is 11.6 Å². The second-order valence-corrected chi connectivity index (χ2v) is 9.97. The zero-order chi connectivity index (χ0) is 22.9. The minimum Gasteiger partial charge on any atom is -0.352 e. The van der Waals surface area contributed by atoms with Crippen LogP contribution in [0.3, 0.4) is 0 Å². The highest BCUT2D eigenvalue weighted by Gasteiger charge is 2.30. The van der Waals surface area contributed by atoms with E-state index in [2.05, 4.69) is 30.4 Å². The molecule has 2 amide bonds. The van der Waals surface area contributed by atoms with E-state index in [-0.39, 0.29) is 17.9 Å². The summed E-state index contributed by atoms with van der Waals surface area (Å²) in [5.74, 6) is 1.07. The molecular formula is C26H33ClN2O2S. The molecule has 0 heterocycles. The van der Waals surface area contributed by atoms with E-state index in [1.807, 2.05) is 37.3 Å². The van der Waals surface area contributed by atoms with E-state index in [0.717, 1.165) is 37.0 Å². The van der Waals surface area contributed by atoms with Crippen LogP contribution in [0.2, 0.25) is 5.02 Å². The molecule has 0 radical (unpaired) electrons. The first-order valence-corrected chi connectivity index (χ1v) is 13.0. The summed E-state index contributed by atoms with van der Waals surface area (Å²) < 4.78 is 0. The van der Waals surface area contributed by atoms with Gasteiger partial charge in [0.15, 0.2) is 0 Å². The number of nitrogens with zero attached hydrogens (tertiary/aromatic N) is 1. The number of halogens is 1. The molecule has 0 saturated heterocycles. The van der Waals surface area contributed by atoms with Crippen LogP contribution in [0.15, 0.2) is 48.5 Å². The minimum atomic E-state index is -0.474. The quantitative estimate of drug-likeness (QED) is 0.479. The van der Waals surface area contributed by atoms with E-state index in [1.54, 1.807) is 16.7 Å². The standard InChI is InChI=1S/C26H33ClN2O2S/c1-3-24(26(31)28-23-9-4-5-10-23)29(16-20-11-13-22(27)14-12-20)25(30)18-32-17-21-8-6-7-19(2)15-21/h6-8,11-15,23-24H,3-5,9-10,16-18H2,1-2H3,(H,28,31)/t24-/m0/s1. The maximum Gasteiger partial charge on any atom is 0.243 e. The lowest BCUT2D eigenvalue weighted by Gasteiger charge is -2.31. The van der Waals surface area contributed by atoms with Gasteiger partial charge in [0.25, 0.3) is 0 Å². The smallest absolute Gasteiger partial charge is 0.243 e. The highest BCUT2D eigenvalue weighted by Crippen LogP contribution is 2.21. The summed E-state index contributed by atoms with van der Waals surface area (Å²) in [6.07, 6.45) is 4.95. The Kier molecular flexibility index (Phi) is 9.49. The van der Waals surface area contributed by atoms with Crippen LogP contribution in [0.4, 0.5) is 0 Å². The normalized spacial score (nSPS) is 14.8. The van der Waals surface area contributed by atoms with E-state index in [1.165, 1.54) is 11.1 Å². The van der Waals surface area contributed by atoms with Gasteiger partial charge in [-0.3, -0.25) is 9.59 Å². The molecule has 1 aliphatic rings. The summed E-state index contributed by atoms with van der Waals surface area (Å²) in [6, 6.07) is 15.6. The lowest BCUT2D eigenvalue weighted by atomic mass is 10.1. The predicted molar refractivity (Wildman–Crippen MR) is 134 cm³/mol. The van der Waals surface area contributed by atoms with Gasteiger partial charge in [-0.1, -0.05) is 73.3 Å². The fraction of sp³-hybridized carbons (Fsp3) is 0.462. The Bertz CT molecular complexity index is 897. The summed E-state index contributed by atoms with van der Waals surface area (Å²) in [5.41, 5.74) is 3.39. The van der Waals surface area contributed by atoms with Crippen molar-refractivity contribution in [2.45, 2.75) is 70.3 Å². The van der Waals surface area contributed by atoms with Crippen LogP contribution in [0, 0.1) is 6.92 Å². The van der Waals surface area contributed by atoms with Crippen molar-refractivity contribution in [3.63, 3.8) is 0 Å². The molecule has 2 aromatic rings. The molecule has 3 rings (SSSR count). The second-order valence-electron chi connectivity index (χ2n) is 8.54. The number of nitrogens with one attached hydrogen (secondary N) is 1. The van der Waals surface area contributed by atoms with Crippen molar-refractivity contribution in [2.24, 2.45) is 0 Å². The van der Waals surface area contributed by atoms with Gasteiger partial charge >= 0.3 is 0 Å². The third-order valence-corrected chi connectivity index (χ3v) is 7.17. The molecule has 1 fully saturated rings. The first-order chi connectivity index (χ1) is 15.5. The molecule has 4 nitrogen and oxygen atoms in total. The van der Waals surface area contributed by atoms with E-state index < -0.39 is 6.04 Å². The zero-order valence-electron chi connectivity index (χ0n) is 19.0.